The van der Waals surface area contributed by atoms with E-state index in [4.69, 9.17) is 0 Å². The number of hydrogen-bond acceptors (Lipinski definition) is 3. The Labute approximate surface area is 198 Å². The van der Waals surface area contributed by atoms with Crippen LogP contribution in [0, 0.1) is 0 Å². The zero-order valence-electron chi connectivity index (χ0n) is 19.9. The van der Waals surface area contributed by atoms with E-state index in [9.17, 15) is 4.79 Å². The number of anilines is 1. The Hall–Kier alpha value is -3.11. The number of likely N-dealkylation sites (N-methyl/N-ethyl adjacent to an activating group) is 1. The van der Waals surface area contributed by atoms with Crippen LogP contribution in [-0.4, -0.2) is 47.9 Å². The molecule has 2 aromatic rings. The Morgan fingerprint density at radius 1 is 0.939 bits per heavy atom. The highest BCUT2D eigenvalue weighted by Gasteiger charge is 2.29. The molecule has 1 atom stereocenters. The van der Waals surface area contributed by atoms with Crippen molar-refractivity contribution in [3.05, 3.63) is 102 Å². The average Bonchev–Trinajstić information content (AvgIpc) is 3.16. The molecule has 0 bridgehead atoms. The molecular formula is C29H35N3O. The largest absolute Gasteiger partial charge is 0.339 e. The van der Waals surface area contributed by atoms with Gasteiger partial charge in [-0.05, 0) is 56.5 Å². The van der Waals surface area contributed by atoms with Gasteiger partial charge in [-0.2, -0.15) is 0 Å². The van der Waals surface area contributed by atoms with Crippen LogP contribution in [-0.2, 0) is 11.3 Å². The van der Waals surface area contributed by atoms with Crippen LogP contribution in [0.5, 0.6) is 0 Å². The fraction of sp³-hybridized carbons (Fsp3) is 0.345. The second kappa shape index (κ2) is 11.2. The lowest BCUT2D eigenvalue weighted by Gasteiger charge is -2.32. The topological polar surface area (TPSA) is 26.8 Å². The van der Waals surface area contributed by atoms with Crippen molar-refractivity contribution < 1.29 is 4.79 Å². The van der Waals surface area contributed by atoms with Crippen molar-refractivity contribution in [3.8, 4) is 0 Å². The van der Waals surface area contributed by atoms with Gasteiger partial charge in [-0.15, -0.1) is 0 Å². The minimum absolute atomic E-state index is 0.118. The van der Waals surface area contributed by atoms with Gasteiger partial charge >= 0.3 is 0 Å². The SMILES string of the molecule is CCN(CC)C(=O)C1=CCC=C(N(c2ccccc2)C2CCN(Cc3ccccc3)C2)C=C1. The predicted molar refractivity (Wildman–Crippen MR) is 137 cm³/mol. The maximum atomic E-state index is 12.9. The quantitative estimate of drug-likeness (QED) is 0.548. The van der Waals surface area contributed by atoms with E-state index in [2.05, 4.69) is 88.7 Å². The molecule has 1 unspecified atom stereocenters. The number of amides is 1. The summed E-state index contributed by atoms with van der Waals surface area (Å²) in [5.74, 6) is 0.118. The third-order valence-electron chi connectivity index (χ3n) is 6.57. The first kappa shape index (κ1) is 23.1. The van der Waals surface area contributed by atoms with Crippen LogP contribution in [0.25, 0.3) is 0 Å². The molecule has 4 nitrogen and oxygen atoms in total. The number of carbonyl (C=O) groups is 1. The van der Waals surface area contributed by atoms with Crippen molar-refractivity contribution in [1.29, 1.82) is 0 Å². The van der Waals surface area contributed by atoms with Crippen molar-refractivity contribution in [2.24, 2.45) is 0 Å². The molecule has 1 heterocycles. The van der Waals surface area contributed by atoms with E-state index >= 15 is 0 Å². The molecule has 4 rings (SSSR count). The van der Waals surface area contributed by atoms with Crippen molar-refractivity contribution >= 4 is 11.6 Å². The normalized spacial score (nSPS) is 18.4. The predicted octanol–water partition coefficient (Wildman–Crippen LogP) is 5.41. The molecule has 1 amide bonds. The summed E-state index contributed by atoms with van der Waals surface area (Å²) < 4.78 is 0. The van der Waals surface area contributed by atoms with Gasteiger partial charge in [-0.1, -0.05) is 60.7 Å². The molecular weight excluding hydrogens is 406 g/mol. The third-order valence-corrected chi connectivity index (χ3v) is 6.57. The van der Waals surface area contributed by atoms with Gasteiger partial charge in [-0.3, -0.25) is 9.69 Å². The summed E-state index contributed by atoms with van der Waals surface area (Å²) in [5, 5.41) is 0. The fourth-order valence-electron chi connectivity index (χ4n) is 4.82. The van der Waals surface area contributed by atoms with E-state index in [0.717, 1.165) is 51.1 Å². The monoisotopic (exact) mass is 441 g/mol. The lowest BCUT2D eigenvalue weighted by molar-refractivity contribution is -0.126. The van der Waals surface area contributed by atoms with Crippen LogP contribution in [0.1, 0.15) is 32.3 Å². The highest BCUT2D eigenvalue weighted by Crippen LogP contribution is 2.30. The number of likely N-dealkylation sites (tertiary alicyclic amines) is 1. The Morgan fingerprint density at radius 2 is 1.64 bits per heavy atom. The lowest BCUT2D eigenvalue weighted by atomic mass is 10.1. The Morgan fingerprint density at radius 3 is 2.33 bits per heavy atom. The number of benzene rings is 2. The van der Waals surface area contributed by atoms with Crippen LogP contribution >= 0.6 is 0 Å². The average molecular weight is 442 g/mol. The first-order valence-corrected chi connectivity index (χ1v) is 12.2. The first-order chi connectivity index (χ1) is 16.2. The molecule has 1 aliphatic heterocycles. The zero-order valence-corrected chi connectivity index (χ0v) is 19.9. The van der Waals surface area contributed by atoms with Gasteiger partial charge in [0.15, 0.2) is 0 Å². The molecule has 0 saturated carbocycles. The molecule has 2 aromatic carbocycles. The first-order valence-electron chi connectivity index (χ1n) is 12.2. The van der Waals surface area contributed by atoms with E-state index < -0.39 is 0 Å². The van der Waals surface area contributed by atoms with Crippen molar-refractivity contribution in [2.45, 2.75) is 39.3 Å². The number of rotatable bonds is 8. The van der Waals surface area contributed by atoms with Gasteiger partial charge in [0, 0.05) is 55.7 Å². The molecule has 33 heavy (non-hydrogen) atoms. The van der Waals surface area contributed by atoms with Gasteiger partial charge in [0.25, 0.3) is 5.91 Å². The summed E-state index contributed by atoms with van der Waals surface area (Å²) in [6, 6.07) is 21.8. The summed E-state index contributed by atoms with van der Waals surface area (Å²) in [6.45, 7) is 8.62. The van der Waals surface area contributed by atoms with Crippen LogP contribution in [0.4, 0.5) is 5.69 Å². The molecule has 0 radical (unpaired) electrons. The number of hydrogen-bond donors (Lipinski definition) is 0. The molecule has 1 saturated heterocycles. The lowest BCUT2D eigenvalue weighted by Crippen LogP contribution is -2.36. The minimum Gasteiger partial charge on any atom is -0.339 e. The molecule has 0 spiro atoms. The maximum Gasteiger partial charge on any atom is 0.253 e. The Bertz CT molecular complexity index is 1010. The standard InChI is InChI=1S/C29H35N3O/c1-3-31(4-2)29(33)25-14-11-17-27(19-18-25)32(26-15-9-6-10-16-26)28-20-21-30(23-28)22-24-12-7-5-8-13-24/h5-10,12-19,28H,3-4,11,20-23H2,1-2H3. The van der Waals surface area contributed by atoms with Gasteiger partial charge in [0.2, 0.25) is 0 Å². The second-order valence-electron chi connectivity index (χ2n) is 8.70. The van der Waals surface area contributed by atoms with Crippen molar-refractivity contribution in [2.75, 3.05) is 31.1 Å². The summed E-state index contributed by atoms with van der Waals surface area (Å²) in [5.41, 5.74) is 4.53. The van der Waals surface area contributed by atoms with Crippen LogP contribution < -0.4 is 4.90 Å². The van der Waals surface area contributed by atoms with E-state index in [1.54, 1.807) is 0 Å². The Kier molecular flexibility index (Phi) is 7.79. The molecule has 0 aromatic heterocycles. The molecule has 1 fully saturated rings. The van der Waals surface area contributed by atoms with Crippen molar-refractivity contribution in [1.82, 2.24) is 9.80 Å². The number of para-hydroxylation sites is 1. The molecule has 2 aliphatic rings. The highest BCUT2D eigenvalue weighted by molar-refractivity contribution is 5.96. The molecule has 0 N–H and O–H groups in total. The van der Waals surface area contributed by atoms with E-state index in [0.29, 0.717) is 6.04 Å². The summed E-state index contributed by atoms with van der Waals surface area (Å²) in [4.78, 5) is 19.8. The molecule has 4 heteroatoms. The van der Waals surface area contributed by atoms with Crippen LogP contribution in [0.2, 0.25) is 0 Å². The van der Waals surface area contributed by atoms with Crippen LogP contribution in [0.3, 0.4) is 0 Å². The summed E-state index contributed by atoms with van der Waals surface area (Å²) >= 11 is 0. The number of carbonyl (C=O) groups excluding carboxylic acids is 1. The van der Waals surface area contributed by atoms with Gasteiger partial charge in [0.1, 0.15) is 0 Å². The molecule has 1 aliphatic carbocycles. The minimum atomic E-state index is 0.118. The smallest absolute Gasteiger partial charge is 0.253 e. The number of nitrogens with zero attached hydrogens (tertiary/aromatic N) is 3. The van der Waals surface area contributed by atoms with E-state index in [1.807, 2.05) is 24.8 Å². The maximum absolute atomic E-state index is 12.9. The summed E-state index contributed by atoms with van der Waals surface area (Å²) in [6.07, 6.45) is 10.3. The van der Waals surface area contributed by atoms with Gasteiger partial charge in [0.05, 0.1) is 0 Å². The Balaban J connectivity index is 1.53. The molecule has 172 valence electrons. The second-order valence-corrected chi connectivity index (χ2v) is 8.70. The van der Waals surface area contributed by atoms with Gasteiger partial charge in [-0.25, -0.2) is 0 Å². The van der Waals surface area contributed by atoms with Crippen molar-refractivity contribution in [3.63, 3.8) is 0 Å². The fourth-order valence-corrected chi connectivity index (χ4v) is 4.82. The third kappa shape index (κ3) is 5.63. The van der Waals surface area contributed by atoms with Gasteiger partial charge < -0.3 is 9.80 Å². The van der Waals surface area contributed by atoms with E-state index in [-0.39, 0.29) is 5.91 Å². The summed E-state index contributed by atoms with van der Waals surface area (Å²) in [7, 11) is 0. The highest BCUT2D eigenvalue weighted by atomic mass is 16.2. The number of allylic oxidation sites excluding steroid dienone is 3. The van der Waals surface area contributed by atoms with Crippen LogP contribution in [0.15, 0.2) is 96.2 Å². The van der Waals surface area contributed by atoms with E-state index in [1.165, 1.54) is 16.9 Å². The zero-order chi connectivity index (χ0) is 23.0.